The first kappa shape index (κ1) is 25.4. The lowest BCUT2D eigenvalue weighted by Crippen LogP contribution is -2.51. The van der Waals surface area contributed by atoms with Gasteiger partial charge < -0.3 is 20.2 Å². The van der Waals surface area contributed by atoms with Gasteiger partial charge in [0.15, 0.2) is 0 Å². The lowest BCUT2D eigenvalue weighted by molar-refractivity contribution is -0.133. The Kier molecular flexibility index (Phi) is 7.74. The van der Waals surface area contributed by atoms with Gasteiger partial charge in [-0.2, -0.15) is 0 Å². The van der Waals surface area contributed by atoms with Gasteiger partial charge in [-0.3, -0.25) is 4.79 Å². The number of nitrogens with one attached hydrogen (secondary N) is 1. The number of nitrogens with zero attached hydrogens (tertiary/aromatic N) is 4. The second kappa shape index (κ2) is 11.0. The number of fused-ring (bicyclic) bond motifs is 1. The molecule has 0 spiro atoms. The standard InChI is InChI=1S/C27H35ClFN5O2/c1-17-12-23(35)25-24(17)26(32-16-31-25)33-8-10-34(11-9-33)27(36)20(15-30-14-18-4-2-3-5-18)19-6-7-21(28)22(29)13-19/h6-7,13,16-18,20,23,30,35H,2-5,8-12,14-15H2,1H3/t17-,20-,23-/m1/s1. The monoisotopic (exact) mass is 515 g/mol. The number of aromatic nitrogens is 2. The van der Waals surface area contributed by atoms with E-state index in [1.807, 2.05) is 4.90 Å². The Morgan fingerprint density at radius 2 is 1.97 bits per heavy atom. The summed E-state index contributed by atoms with van der Waals surface area (Å²) in [5, 5.41) is 13.9. The van der Waals surface area contributed by atoms with E-state index >= 15 is 0 Å². The third kappa shape index (κ3) is 5.22. The van der Waals surface area contributed by atoms with Crippen LogP contribution in [0.2, 0.25) is 5.02 Å². The maximum atomic E-state index is 14.3. The average Bonchev–Trinajstić information content (AvgIpc) is 3.51. The highest BCUT2D eigenvalue weighted by Gasteiger charge is 2.35. The number of aliphatic hydroxyl groups excluding tert-OH is 1. The molecule has 0 radical (unpaired) electrons. The molecule has 3 atom stereocenters. The summed E-state index contributed by atoms with van der Waals surface area (Å²) in [4.78, 5) is 26.6. The number of carbonyl (C=O) groups excluding carboxylic acids is 1. The van der Waals surface area contributed by atoms with Crippen LogP contribution in [0.25, 0.3) is 0 Å². The maximum Gasteiger partial charge on any atom is 0.231 e. The molecule has 36 heavy (non-hydrogen) atoms. The molecule has 2 fully saturated rings. The Bertz CT molecular complexity index is 1090. The van der Waals surface area contributed by atoms with E-state index in [0.717, 1.165) is 23.6 Å². The van der Waals surface area contributed by atoms with Gasteiger partial charge in [0.05, 0.1) is 22.7 Å². The molecular weight excluding hydrogens is 481 g/mol. The summed E-state index contributed by atoms with van der Waals surface area (Å²) in [6.45, 7) is 5.87. The second-order valence-corrected chi connectivity index (χ2v) is 10.9. The topological polar surface area (TPSA) is 81.6 Å². The Morgan fingerprint density at radius 1 is 1.22 bits per heavy atom. The quantitative estimate of drug-likeness (QED) is 0.579. The molecule has 1 aromatic carbocycles. The first-order chi connectivity index (χ1) is 17.4. The summed E-state index contributed by atoms with van der Waals surface area (Å²) < 4.78 is 14.3. The van der Waals surface area contributed by atoms with Gasteiger partial charge in [-0.15, -0.1) is 0 Å². The van der Waals surface area contributed by atoms with Gasteiger partial charge in [0.2, 0.25) is 5.91 Å². The van der Waals surface area contributed by atoms with Crippen molar-refractivity contribution in [1.29, 1.82) is 0 Å². The van der Waals surface area contributed by atoms with E-state index in [9.17, 15) is 14.3 Å². The summed E-state index contributed by atoms with van der Waals surface area (Å²) in [5.41, 5.74) is 2.40. The summed E-state index contributed by atoms with van der Waals surface area (Å²) in [6.07, 6.45) is 6.64. The number of hydrogen-bond donors (Lipinski definition) is 2. The molecule has 2 aliphatic carbocycles. The van der Waals surface area contributed by atoms with Crippen LogP contribution in [0.4, 0.5) is 10.2 Å². The largest absolute Gasteiger partial charge is 0.387 e. The third-order valence-electron chi connectivity index (χ3n) is 8.07. The first-order valence-corrected chi connectivity index (χ1v) is 13.5. The molecule has 9 heteroatoms. The molecule has 194 valence electrons. The number of halogens is 2. The van der Waals surface area contributed by atoms with E-state index in [2.05, 4.69) is 27.1 Å². The normalized spacial score (nSPS) is 23.2. The van der Waals surface area contributed by atoms with E-state index in [1.54, 1.807) is 6.07 Å². The molecule has 1 aromatic heterocycles. The van der Waals surface area contributed by atoms with E-state index in [-0.39, 0.29) is 16.8 Å². The fraction of sp³-hybridized carbons (Fsp3) is 0.593. The molecule has 1 aliphatic heterocycles. The third-order valence-corrected chi connectivity index (χ3v) is 8.38. The van der Waals surface area contributed by atoms with E-state index in [4.69, 9.17) is 11.6 Å². The van der Waals surface area contributed by atoms with Crippen molar-refractivity contribution in [2.75, 3.05) is 44.2 Å². The van der Waals surface area contributed by atoms with E-state index in [0.29, 0.717) is 50.6 Å². The molecule has 2 heterocycles. The van der Waals surface area contributed by atoms with Crippen LogP contribution in [-0.2, 0) is 4.79 Å². The molecule has 3 aliphatic rings. The van der Waals surface area contributed by atoms with Crippen molar-refractivity contribution < 1.29 is 14.3 Å². The lowest BCUT2D eigenvalue weighted by atomic mass is 9.96. The van der Waals surface area contributed by atoms with Gasteiger partial charge in [-0.05, 0) is 55.3 Å². The average molecular weight is 516 g/mol. The predicted molar refractivity (Wildman–Crippen MR) is 138 cm³/mol. The molecular formula is C27H35ClFN5O2. The van der Waals surface area contributed by atoms with Crippen LogP contribution in [0.5, 0.6) is 0 Å². The SMILES string of the molecule is C[C@@H]1C[C@@H](O)c2ncnc(N3CCN(C(=O)[C@H](CNCC4CCCC4)c4ccc(Cl)c(F)c4)CC3)c21. The van der Waals surface area contributed by atoms with Crippen LogP contribution >= 0.6 is 11.6 Å². The van der Waals surface area contributed by atoms with Crippen LogP contribution in [0.15, 0.2) is 24.5 Å². The molecule has 1 saturated heterocycles. The molecule has 0 bridgehead atoms. The molecule has 2 N–H and O–H groups in total. The number of aliphatic hydroxyl groups is 1. The number of piperazine rings is 1. The zero-order valence-electron chi connectivity index (χ0n) is 20.8. The number of amides is 1. The van der Waals surface area contributed by atoms with Crippen molar-refractivity contribution in [2.24, 2.45) is 5.92 Å². The zero-order valence-corrected chi connectivity index (χ0v) is 21.6. The van der Waals surface area contributed by atoms with Crippen LogP contribution in [0.1, 0.15) is 73.8 Å². The minimum absolute atomic E-state index is 0.00648. The van der Waals surface area contributed by atoms with Gasteiger partial charge in [-0.25, -0.2) is 14.4 Å². The van der Waals surface area contributed by atoms with Gasteiger partial charge in [0.1, 0.15) is 18.0 Å². The van der Waals surface area contributed by atoms with E-state index in [1.165, 1.54) is 44.1 Å². The highest BCUT2D eigenvalue weighted by molar-refractivity contribution is 6.30. The lowest BCUT2D eigenvalue weighted by Gasteiger charge is -2.38. The number of anilines is 1. The molecule has 0 unspecified atom stereocenters. The predicted octanol–water partition coefficient (Wildman–Crippen LogP) is 4.02. The van der Waals surface area contributed by atoms with Gasteiger partial charge >= 0.3 is 0 Å². The van der Waals surface area contributed by atoms with Crippen molar-refractivity contribution in [3.8, 4) is 0 Å². The van der Waals surface area contributed by atoms with Crippen LogP contribution < -0.4 is 10.2 Å². The molecule has 7 nitrogen and oxygen atoms in total. The van der Waals surface area contributed by atoms with Gasteiger partial charge in [-0.1, -0.05) is 37.4 Å². The smallest absolute Gasteiger partial charge is 0.231 e. The second-order valence-electron chi connectivity index (χ2n) is 10.5. The van der Waals surface area contributed by atoms with Crippen LogP contribution in [0.3, 0.4) is 0 Å². The summed E-state index contributed by atoms with van der Waals surface area (Å²) in [7, 11) is 0. The number of carbonyl (C=O) groups is 1. The Balaban J connectivity index is 1.27. The van der Waals surface area contributed by atoms with Crippen molar-refractivity contribution >= 4 is 23.3 Å². The molecule has 5 rings (SSSR count). The number of rotatable bonds is 7. The fourth-order valence-corrected chi connectivity index (χ4v) is 6.15. The summed E-state index contributed by atoms with van der Waals surface area (Å²) in [6, 6.07) is 4.69. The Labute approximate surface area is 217 Å². The Morgan fingerprint density at radius 3 is 2.69 bits per heavy atom. The van der Waals surface area contributed by atoms with Gasteiger partial charge in [0, 0.05) is 38.3 Å². The molecule has 1 amide bonds. The van der Waals surface area contributed by atoms with Crippen LogP contribution in [-0.4, -0.2) is 65.2 Å². The minimum atomic E-state index is -0.545. The van der Waals surface area contributed by atoms with Crippen molar-refractivity contribution in [3.05, 3.63) is 52.2 Å². The minimum Gasteiger partial charge on any atom is -0.387 e. The van der Waals surface area contributed by atoms with Crippen molar-refractivity contribution in [1.82, 2.24) is 20.2 Å². The zero-order chi connectivity index (χ0) is 25.2. The highest BCUT2D eigenvalue weighted by atomic mass is 35.5. The number of benzene rings is 1. The summed E-state index contributed by atoms with van der Waals surface area (Å²) in [5.74, 6) is 0.755. The summed E-state index contributed by atoms with van der Waals surface area (Å²) >= 11 is 5.92. The fourth-order valence-electron chi connectivity index (χ4n) is 6.04. The molecule has 2 aromatic rings. The highest BCUT2D eigenvalue weighted by Crippen LogP contribution is 2.42. The van der Waals surface area contributed by atoms with E-state index < -0.39 is 17.8 Å². The first-order valence-electron chi connectivity index (χ1n) is 13.1. The van der Waals surface area contributed by atoms with Crippen molar-refractivity contribution in [2.45, 2.75) is 57.0 Å². The molecule has 1 saturated carbocycles. The Hall–Kier alpha value is -2.29. The van der Waals surface area contributed by atoms with Crippen LogP contribution in [0, 0.1) is 11.7 Å². The maximum absolute atomic E-state index is 14.3. The van der Waals surface area contributed by atoms with Gasteiger partial charge in [0.25, 0.3) is 0 Å². The number of hydrogen-bond acceptors (Lipinski definition) is 6. The van der Waals surface area contributed by atoms with Crippen molar-refractivity contribution in [3.63, 3.8) is 0 Å².